The van der Waals surface area contributed by atoms with E-state index < -0.39 is 6.03 Å². The fourth-order valence-corrected chi connectivity index (χ4v) is 2.42. The topological polar surface area (TPSA) is 58.4 Å². The number of benzene rings is 2. The molecule has 0 spiro atoms. The van der Waals surface area contributed by atoms with Crippen LogP contribution in [0.25, 0.3) is 5.69 Å². The lowest BCUT2D eigenvalue weighted by Crippen LogP contribution is -2.24. The number of amides is 2. The van der Waals surface area contributed by atoms with Crippen LogP contribution >= 0.6 is 11.6 Å². The number of rotatable bonds is 4. The van der Waals surface area contributed by atoms with E-state index in [1.54, 1.807) is 6.21 Å². The SMILES string of the molecule is Cc1ccc(NC(=O)N/N=C/c2cccn2-c2ccc(Cl)cc2)cc1. The van der Waals surface area contributed by atoms with Crippen LogP contribution < -0.4 is 10.7 Å². The minimum Gasteiger partial charge on any atom is -0.316 e. The van der Waals surface area contributed by atoms with E-state index in [-0.39, 0.29) is 0 Å². The van der Waals surface area contributed by atoms with Gasteiger partial charge >= 0.3 is 6.03 Å². The third-order valence-electron chi connectivity index (χ3n) is 3.56. The Morgan fingerprint density at radius 2 is 1.80 bits per heavy atom. The van der Waals surface area contributed by atoms with Gasteiger partial charge in [0.25, 0.3) is 0 Å². The predicted octanol–water partition coefficient (Wildman–Crippen LogP) is 4.59. The predicted molar refractivity (Wildman–Crippen MR) is 102 cm³/mol. The van der Waals surface area contributed by atoms with Gasteiger partial charge < -0.3 is 9.88 Å². The third-order valence-corrected chi connectivity index (χ3v) is 3.81. The Labute approximate surface area is 150 Å². The first-order valence-corrected chi connectivity index (χ1v) is 8.10. The van der Waals surface area contributed by atoms with Gasteiger partial charge in [0.15, 0.2) is 0 Å². The van der Waals surface area contributed by atoms with Gasteiger partial charge in [-0.2, -0.15) is 5.10 Å². The van der Waals surface area contributed by atoms with Crippen LogP contribution in [0.2, 0.25) is 5.02 Å². The average Bonchev–Trinajstić information content (AvgIpc) is 3.06. The average molecular weight is 353 g/mol. The maximum absolute atomic E-state index is 11.9. The van der Waals surface area contributed by atoms with Crippen LogP contribution in [0.15, 0.2) is 72.0 Å². The second-order valence-corrected chi connectivity index (χ2v) is 5.91. The molecule has 0 aliphatic carbocycles. The standard InChI is InChI=1S/C19H17ClN4O/c1-14-4-8-16(9-5-14)22-19(25)23-21-13-18-3-2-12-24(18)17-10-6-15(20)7-11-17/h2-13H,1H3,(H2,22,23,25)/b21-13+. The Bertz CT molecular complexity index is 883. The molecule has 0 aliphatic heterocycles. The van der Waals surface area contributed by atoms with E-state index in [0.29, 0.717) is 10.7 Å². The van der Waals surface area contributed by atoms with E-state index in [2.05, 4.69) is 15.8 Å². The molecule has 0 bridgehead atoms. The van der Waals surface area contributed by atoms with Crippen LogP contribution in [-0.2, 0) is 0 Å². The number of aryl methyl sites for hydroxylation is 1. The number of nitrogens with one attached hydrogen (secondary N) is 2. The van der Waals surface area contributed by atoms with Crippen LogP contribution in [-0.4, -0.2) is 16.8 Å². The molecule has 0 aliphatic rings. The Hall–Kier alpha value is -3.05. The van der Waals surface area contributed by atoms with E-state index in [0.717, 1.165) is 16.9 Å². The van der Waals surface area contributed by atoms with E-state index >= 15 is 0 Å². The number of hydrogen-bond donors (Lipinski definition) is 2. The minimum absolute atomic E-state index is 0.398. The van der Waals surface area contributed by atoms with Crippen LogP contribution in [0.3, 0.4) is 0 Å². The number of aromatic nitrogens is 1. The first kappa shape index (κ1) is 16.8. The summed E-state index contributed by atoms with van der Waals surface area (Å²) in [5.74, 6) is 0. The summed E-state index contributed by atoms with van der Waals surface area (Å²) >= 11 is 5.92. The maximum Gasteiger partial charge on any atom is 0.339 e. The molecule has 2 N–H and O–H groups in total. The highest BCUT2D eigenvalue weighted by Crippen LogP contribution is 2.15. The maximum atomic E-state index is 11.9. The summed E-state index contributed by atoms with van der Waals surface area (Å²) < 4.78 is 1.94. The van der Waals surface area contributed by atoms with Gasteiger partial charge in [-0.05, 0) is 55.5 Å². The molecule has 3 aromatic rings. The second kappa shape index (κ2) is 7.68. The number of halogens is 1. The van der Waals surface area contributed by atoms with Gasteiger partial charge in [0.2, 0.25) is 0 Å². The van der Waals surface area contributed by atoms with Gasteiger partial charge in [-0.25, -0.2) is 10.2 Å². The van der Waals surface area contributed by atoms with E-state index in [4.69, 9.17) is 11.6 Å². The van der Waals surface area contributed by atoms with E-state index in [9.17, 15) is 4.79 Å². The van der Waals surface area contributed by atoms with Crippen LogP contribution in [0.1, 0.15) is 11.3 Å². The Morgan fingerprint density at radius 1 is 1.08 bits per heavy atom. The van der Waals surface area contributed by atoms with Gasteiger partial charge in [-0.1, -0.05) is 29.3 Å². The summed E-state index contributed by atoms with van der Waals surface area (Å²) in [7, 11) is 0. The molecule has 126 valence electrons. The van der Waals surface area contributed by atoms with Crippen molar-refractivity contribution < 1.29 is 4.79 Å². The first-order valence-electron chi connectivity index (χ1n) is 7.72. The second-order valence-electron chi connectivity index (χ2n) is 5.47. The van der Waals surface area contributed by atoms with Gasteiger partial charge in [0.05, 0.1) is 11.9 Å². The van der Waals surface area contributed by atoms with Crippen molar-refractivity contribution in [1.82, 2.24) is 9.99 Å². The van der Waals surface area contributed by atoms with Crippen molar-refractivity contribution in [2.24, 2.45) is 5.10 Å². The zero-order chi connectivity index (χ0) is 17.6. The highest BCUT2D eigenvalue weighted by atomic mass is 35.5. The summed E-state index contributed by atoms with van der Waals surface area (Å²) in [5.41, 5.74) is 6.09. The van der Waals surface area contributed by atoms with Crippen LogP contribution in [0.5, 0.6) is 0 Å². The number of nitrogens with zero attached hydrogens (tertiary/aromatic N) is 2. The number of hydrazone groups is 1. The monoisotopic (exact) mass is 352 g/mol. The lowest BCUT2D eigenvalue weighted by atomic mass is 10.2. The van der Waals surface area contributed by atoms with Gasteiger partial charge in [0, 0.05) is 22.6 Å². The number of carbonyl (C=O) groups is 1. The normalized spacial score (nSPS) is 10.8. The van der Waals surface area contributed by atoms with Gasteiger partial charge in [-0.3, -0.25) is 0 Å². The molecule has 6 heteroatoms. The summed E-state index contributed by atoms with van der Waals surface area (Å²) in [6.45, 7) is 1.99. The summed E-state index contributed by atoms with van der Waals surface area (Å²) in [6, 6.07) is 18.4. The molecule has 0 unspecified atom stereocenters. The molecule has 1 heterocycles. The Kier molecular flexibility index (Phi) is 5.16. The molecule has 0 saturated heterocycles. The number of carbonyl (C=O) groups excluding carboxylic acids is 1. The summed E-state index contributed by atoms with van der Waals surface area (Å²) in [6.07, 6.45) is 3.50. The van der Waals surface area contributed by atoms with Crippen LogP contribution in [0, 0.1) is 6.92 Å². The molecule has 0 saturated carbocycles. The molecule has 0 atom stereocenters. The van der Waals surface area contributed by atoms with Gasteiger partial charge in [-0.15, -0.1) is 0 Å². The van der Waals surface area contributed by atoms with Crippen molar-refractivity contribution in [2.45, 2.75) is 6.92 Å². The number of urea groups is 1. The van der Waals surface area contributed by atoms with Crippen molar-refractivity contribution in [3.05, 3.63) is 83.1 Å². The highest BCUT2D eigenvalue weighted by Gasteiger charge is 2.02. The lowest BCUT2D eigenvalue weighted by Gasteiger charge is -2.06. The molecule has 2 aromatic carbocycles. The molecule has 5 nitrogen and oxygen atoms in total. The molecule has 25 heavy (non-hydrogen) atoms. The zero-order valence-electron chi connectivity index (χ0n) is 13.6. The quantitative estimate of drug-likeness (QED) is 0.523. The largest absolute Gasteiger partial charge is 0.339 e. The molecular formula is C19H17ClN4O. The summed E-state index contributed by atoms with van der Waals surface area (Å²) in [4.78, 5) is 11.9. The molecule has 2 amide bonds. The van der Waals surface area contributed by atoms with Crippen molar-refractivity contribution >= 4 is 29.5 Å². The van der Waals surface area contributed by atoms with Crippen molar-refractivity contribution in [1.29, 1.82) is 0 Å². The summed E-state index contributed by atoms with van der Waals surface area (Å²) in [5, 5.41) is 7.39. The fourth-order valence-electron chi connectivity index (χ4n) is 2.29. The molecule has 0 radical (unpaired) electrons. The fraction of sp³-hybridized carbons (Fsp3) is 0.0526. The molecular weight excluding hydrogens is 336 g/mol. The van der Waals surface area contributed by atoms with Crippen molar-refractivity contribution in [2.75, 3.05) is 5.32 Å². The van der Waals surface area contributed by atoms with Gasteiger partial charge in [0.1, 0.15) is 0 Å². The first-order chi connectivity index (χ1) is 12.1. The Morgan fingerprint density at radius 3 is 2.52 bits per heavy atom. The molecule has 1 aromatic heterocycles. The molecule has 0 fully saturated rings. The third kappa shape index (κ3) is 4.49. The van der Waals surface area contributed by atoms with Crippen molar-refractivity contribution in [3.8, 4) is 5.69 Å². The Balaban J connectivity index is 1.63. The van der Waals surface area contributed by atoms with E-state index in [1.807, 2.05) is 78.4 Å². The number of anilines is 1. The zero-order valence-corrected chi connectivity index (χ0v) is 14.4. The van der Waals surface area contributed by atoms with Crippen LogP contribution in [0.4, 0.5) is 10.5 Å². The highest BCUT2D eigenvalue weighted by molar-refractivity contribution is 6.30. The number of hydrogen-bond acceptors (Lipinski definition) is 2. The van der Waals surface area contributed by atoms with E-state index in [1.165, 1.54) is 0 Å². The lowest BCUT2D eigenvalue weighted by molar-refractivity contribution is 0.252. The minimum atomic E-state index is -0.398. The molecule has 3 rings (SSSR count). The smallest absolute Gasteiger partial charge is 0.316 e. The van der Waals surface area contributed by atoms with Crippen molar-refractivity contribution in [3.63, 3.8) is 0 Å².